The molecule has 3 heteroatoms. The first kappa shape index (κ1) is 32.0. The van der Waals surface area contributed by atoms with E-state index in [0.29, 0.717) is 0 Å². The Kier molecular flexibility index (Phi) is 6.37. The van der Waals surface area contributed by atoms with E-state index in [2.05, 4.69) is 190 Å². The lowest BCUT2D eigenvalue weighted by atomic mass is 9.82. The molecule has 56 heavy (non-hydrogen) atoms. The molecule has 0 saturated carbocycles. The summed E-state index contributed by atoms with van der Waals surface area (Å²) in [5, 5.41) is 6.09. The largest absolute Gasteiger partial charge is 0.310 e. The van der Waals surface area contributed by atoms with E-state index in [1.54, 1.807) is 0 Å². The van der Waals surface area contributed by atoms with Gasteiger partial charge in [0, 0.05) is 49.7 Å². The van der Waals surface area contributed by atoms with E-state index >= 15 is 0 Å². The fourth-order valence-corrected chi connectivity index (χ4v) is 11.3. The first-order valence-corrected chi connectivity index (χ1v) is 20.4. The zero-order valence-corrected chi connectivity index (χ0v) is 32.6. The van der Waals surface area contributed by atoms with E-state index in [1.165, 1.54) is 105 Å². The Balaban J connectivity index is 1.05. The van der Waals surface area contributed by atoms with E-state index in [1.807, 2.05) is 11.3 Å². The van der Waals surface area contributed by atoms with Crippen LogP contribution in [0.3, 0.4) is 0 Å². The van der Waals surface area contributed by atoms with Gasteiger partial charge in [-0.2, -0.15) is 0 Å². The number of hydrogen-bond acceptors (Lipinski definition) is 3. The second kappa shape index (κ2) is 11.2. The van der Waals surface area contributed by atoms with Gasteiger partial charge in [0.25, 0.3) is 0 Å². The minimum absolute atomic E-state index is 0.111. The SMILES string of the molecule is CC1(C)c2ccccc2-c2ccc(N(c3ccc4c(c3)C(C)(C)c3ccccc3-4)c3ccc4c5c(cccc35)-c3nc(-c5ccc6ccccc6c5)sc3-4)cc21. The van der Waals surface area contributed by atoms with Crippen LogP contribution in [0.1, 0.15) is 49.9 Å². The van der Waals surface area contributed by atoms with Crippen molar-refractivity contribution >= 4 is 49.9 Å². The number of nitrogens with zero attached hydrogens (tertiary/aromatic N) is 2. The number of anilines is 3. The Hall–Kier alpha value is -6.29. The molecule has 0 aliphatic heterocycles. The summed E-state index contributed by atoms with van der Waals surface area (Å²) in [5.74, 6) is 0. The third-order valence-corrected chi connectivity index (χ3v) is 14.2. The lowest BCUT2D eigenvalue weighted by Crippen LogP contribution is -2.18. The van der Waals surface area contributed by atoms with Crippen LogP contribution in [0.25, 0.3) is 76.1 Å². The Bertz CT molecular complexity index is 3030. The molecule has 0 bridgehead atoms. The van der Waals surface area contributed by atoms with Crippen LogP contribution in [-0.4, -0.2) is 4.98 Å². The van der Waals surface area contributed by atoms with E-state index in [-0.39, 0.29) is 10.8 Å². The summed E-state index contributed by atoms with van der Waals surface area (Å²) >= 11 is 1.81. The molecule has 0 saturated heterocycles. The van der Waals surface area contributed by atoms with Gasteiger partial charge in [0.2, 0.25) is 0 Å². The molecule has 266 valence electrons. The average molecular weight is 735 g/mol. The average Bonchev–Trinajstić information content (AvgIpc) is 3.92. The fraction of sp³-hybridized carbons (Fsp3) is 0.113. The summed E-state index contributed by atoms with van der Waals surface area (Å²) in [7, 11) is 0. The summed E-state index contributed by atoms with van der Waals surface area (Å²) in [5.41, 5.74) is 18.9. The predicted octanol–water partition coefficient (Wildman–Crippen LogP) is 14.8. The molecule has 8 aromatic carbocycles. The highest BCUT2D eigenvalue weighted by atomic mass is 32.1. The number of fused-ring (bicyclic) bond motifs is 10. The molecular weight excluding hydrogens is 697 g/mol. The van der Waals surface area contributed by atoms with Crippen molar-refractivity contribution in [3.05, 3.63) is 180 Å². The summed E-state index contributed by atoms with van der Waals surface area (Å²) in [6, 6.07) is 58.9. The van der Waals surface area contributed by atoms with Crippen LogP contribution in [0.5, 0.6) is 0 Å². The van der Waals surface area contributed by atoms with Crippen molar-refractivity contribution < 1.29 is 0 Å². The van der Waals surface area contributed by atoms with Crippen molar-refractivity contribution in [3.63, 3.8) is 0 Å². The smallest absolute Gasteiger partial charge is 0.124 e. The normalized spacial score (nSPS) is 14.7. The van der Waals surface area contributed by atoms with Gasteiger partial charge in [-0.15, -0.1) is 11.3 Å². The van der Waals surface area contributed by atoms with Crippen molar-refractivity contribution in [2.45, 2.75) is 38.5 Å². The second-order valence-corrected chi connectivity index (χ2v) is 17.8. The zero-order chi connectivity index (χ0) is 37.5. The van der Waals surface area contributed by atoms with Gasteiger partial charge < -0.3 is 4.90 Å². The second-order valence-electron chi connectivity index (χ2n) is 16.8. The molecule has 0 unspecified atom stereocenters. The zero-order valence-electron chi connectivity index (χ0n) is 31.8. The molecule has 1 heterocycles. The lowest BCUT2D eigenvalue weighted by Gasteiger charge is -2.30. The quantitative estimate of drug-likeness (QED) is 0.179. The van der Waals surface area contributed by atoms with Gasteiger partial charge in [-0.1, -0.05) is 149 Å². The number of rotatable bonds is 4. The third-order valence-electron chi connectivity index (χ3n) is 13.0. The fourth-order valence-electron chi connectivity index (χ4n) is 10.2. The summed E-state index contributed by atoms with van der Waals surface area (Å²) < 4.78 is 0. The van der Waals surface area contributed by atoms with Gasteiger partial charge in [0.15, 0.2) is 0 Å². The van der Waals surface area contributed by atoms with Crippen LogP contribution < -0.4 is 4.90 Å². The van der Waals surface area contributed by atoms with E-state index in [9.17, 15) is 0 Å². The van der Waals surface area contributed by atoms with Gasteiger partial charge in [-0.25, -0.2) is 4.98 Å². The van der Waals surface area contributed by atoms with Gasteiger partial charge in [0.1, 0.15) is 5.01 Å². The minimum atomic E-state index is -0.111. The van der Waals surface area contributed by atoms with Crippen molar-refractivity contribution in [3.8, 4) is 54.5 Å². The first-order chi connectivity index (χ1) is 27.3. The van der Waals surface area contributed by atoms with Gasteiger partial charge in [0.05, 0.1) is 16.3 Å². The number of aromatic nitrogens is 1. The Morgan fingerprint density at radius 2 is 1.04 bits per heavy atom. The summed E-state index contributed by atoms with van der Waals surface area (Å²) in [6.45, 7) is 9.49. The van der Waals surface area contributed by atoms with Crippen LogP contribution >= 0.6 is 11.3 Å². The number of thiazole rings is 1. The molecule has 1 aromatic heterocycles. The highest BCUT2D eigenvalue weighted by Gasteiger charge is 2.38. The van der Waals surface area contributed by atoms with Gasteiger partial charge in [-0.05, 0) is 91.7 Å². The Morgan fingerprint density at radius 1 is 0.464 bits per heavy atom. The highest BCUT2D eigenvalue weighted by molar-refractivity contribution is 7.19. The number of hydrogen-bond donors (Lipinski definition) is 0. The lowest BCUT2D eigenvalue weighted by molar-refractivity contribution is 0.660. The monoisotopic (exact) mass is 734 g/mol. The maximum absolute atomic E-state index is 5.35. The number of benzene rings is 8. The molecule has 2 nitrogen and oxygen atoms in total. The topological polar surface area (TPSA) is 16.1 Å². The standard InChI is InChI=1S/C53H38N2S/c1-52(2)43-18-9-7-14-36(43)38-24-22-34(29-45(38)52)55(35-23-25-39-37-15-8-10-19-44(37)53(3,4)46(39)30-35)47-27-26-42-48-40(47)16-11-17-41(48)49-50(42)56-51(54-49)33-21-20-31-12-5-6-13-32(31)28-33/h5-30H,1-4H3. The molecule has 0 fully saturated rings. The van der Waals surface area contributed by atoms with E-state index < -0.39 is 0 Å². The molecule has 12 rings (SSSR count). The van der Waals surface area contributed by atoms with E-state index in [4.69, 9.17) is 4.98 Å². The van der Waals surface area contributed by atoms with Gasteiger partial charge in [-0.3, -0.25) is 0 Å². The molecular formula is C53H38N2S. The minimum Gasteiger partial charge on any atom is -0.310 e. The summed E-state index contributed by atoms with van der Waals surface area (Å²) in [4.78, 5) is 9.13. The Morgan fingerprint density at radius 3 is 1.71 bits per heavy atom. The summed E-state index contributed by atoms with van der Waals surface area (Å²) in [6.07, 6.45) is 0. The van der Waals surface area contributed by atoms with Crippen molar-refractivity contribution in [2.75, 3.05) is 4.90 Å². The van der Waals surface area contributed by atoms with Gasteiger partial charge >= 0.3 is 0 Å². The van der Waals surface area contributed by atoms with Crippen LogP contribution in [0.4, 0.5) is 17.1 Å². The van der Waals surface area contributed by atoms with Crippen LogP contribution in [0, 0.1) is 0 Å². The van der Waals surface area contributed by atoms with Crippen LogP contribution in [0.2, 0.25) is 0 Å². The first-order valence-electron chi connectivity index (χ1n) is 19.6. The predicted molar refractivity (Wildman–Crippen MR) is 237 cm³/mol. The molecule has 3 aliphatic rings. The maximum atomic E-state index is 5.35. The molecule has 0 atom stereocenters. The third kappa shape index (κ3) is 4.24. The Labute approximate surface area is 331 Å². The molecule has 9 aromatic rings. The highest BCUT2D eigenvalue weighted by Crippen LogP contribution is 2.56. The molecule has 0 N–H and O–H groups in total. The van der Waals surface area contributed by atoms with Crippen LogP contribution in [-0.2, 0) is 10.8 Å². The van der Waals surface area contributed by atoms with Crippen LogP contribution in [0.15, 0.2) is 158 Å². The molecule has 3 aliphatic carbocycles. The van der Waals surface area contributed by atoms with Crippen molar-refractivity contribution in [1.29, 1.82) is 0 Å². The van der Waals surface area contributed by atoms with Crippen molar-refractivity contribution in [2.24, 2.45) is 0 Å². The van der Waals surface area contributed by atoms with E-state index in [0.717, 1.165) is 10.7 Å². The maximum Gasteiger partial charge on any atom is 0.124 e. The van der Waals surface area contributed by atoms with Crippen molar-refractivity contribution in [1.82, 2.24) is 4.98 Å². The molecule has 0 amide bonds. The molecule has 0 radical (unpaired) electrons. The molecule has 0 spiro atoms.